The van der Waals surface area contributed by atoms with E-state index in [1.165, 1.54) is 0 Å². The Morgan fingerprint density at radius 2 is 1.88 bits per heavy atom. The summed E-state index contributed by atoms with van der Waals surface area (Å²) in [6, 6.07) is 10.8. The van der Waals surface area contributed by atoms with Gasteiger partial charge < -0.3 is 9.52 Å². The first-order valence-corrected chi connectivity index (χ1v) is 5.31. The van der Waals surface area contributed by atoms with E-state index in [1.54, 1.807) is 18.2 Å². The zero-order valence-corrected chi connectivity index (χ0v) is 9.23. The monoisotopic (exact) mass is 226 g/mol. The van der Waals surface area contributed by atoms with Gasteiger partial charge in [-0.05, 0) is 36.8 Å². The standard InChI is InChI=1S/C14H10O3/c1-8-2-4-10-11-7-9(14(15)16)3-5-12(11)17-13(10)6-8/h2-7H,1H3,(H,15,16). The second kappa shape index (κ2) is 3.35. The molecule has 3 aromatic rings. The number of benzene rings is 2. The summed E-state index contributed by atoms with van der Waals surface area (Å²) in [6.45, 7) is 2.00. The molecule has 0 saturated carbocycles. The molecule has 0 fully saturated rings. The molecule has 17 heavy (non-hydrogen) atoms. The molecule has 0 radical (unpaired) electrons. The zero-order chi connectivity index (χ0) is 12.0. The Morgan fingerprint density at radius 3 is 2.65 bits per heavy atom. The maximum absolute atomic E-state index is 10.9. The van der Waals surface area contributed by atoms with E-state index in [4.69, 9.17) is 9.52 Å². The zero-order valence-electron chi connectivity index (χ0n) is 9.23. The molecule has 0 aliphatic carbocycles. The molecule has 84 valence electrons. The number of hydrogen-bond donors (Lipinski definition) is 1. The van der Waals surface area contributed by atoms with Gasteiger partial charge in [0.15, 0.2) is 0 Å². The number of carboxylic acid groups (broad SMARTS) is 1. The molecule has 0 bridgehead atoms. The van der Waals surface area contributed by atoms with Crippen LogP contribution < -0.4 is 0 Å². The predicted octanol–water partition coefficient (Wildman–Crippen LogP) is 3.59. The van der Waals surface area contributed by atoms with Gasteiger partial charge in [0.05, 0.1) is 5.56 Å². The van der Waals surface area contributed by atoms with E-state index < -0.39 is 5.97 Å². The fourth-order valence-electron chi connectivity index (χ4n) is 2.02. The van der Waals surface area contributed by atoms with Crippen LogP contribution in [0.5, 0.6) is 0 Å². The average molecular weight is 226 g/mol. The van der Waals surface area contributed by atoms with E-state index >= 15 is 0 Å². The van der Waals surface area contributed by atoms with Crippen molar-refractivity contribution in [3.8, 4) is 0 Å². The van der Waals surface area contributed by atoms with Crippen molar-refractivity contribution in [3.05, 3.63) is 47.5 Å². The van der Waals surface area contributed by atoms with Gasteiger partial charge in [-0.25, -0.2) is 4.79 Å². The number of carboxylic acids is 1. The van der Waals surface area contributed by atoms with Gasteiger partial charge in [-0.3, -0.25) is 0 Å². The highest BCUT2D eigenvalue weighted by Gasteiger charge is 2.10. The van der Waals surface area contributed by atoms with Gasteiger partial charge in [-0.1, -0.05) is 12.1 Å². The maximum Gasteiger partial charge on any atom is 0.335 e. The highest BCUT2D eigenvalue weighted by Crippen LogP contribution is 2.29. The van der Waals surface area contributed by atoms with E-state index in [-0.39, 0.29) is 5.56 Å². The van der Waals surface area contributed by atoms with Gasteiger partial charge in [-0.15, -0.1) is 0 Å². The minimum atomic E-state index is -0.923. The lowest BCUT2D eigenvalue weighted by Gasteiger charge is -1.94. The Hall–Kier alpha value is -2.29. The Labute approximate surface area is 97.3 Å². The molecule has 0 atom stereocenters. The Bertz CT molecular complexity index is 738. The lowest BCUT2D eigenvalue weighted by atomic mass is 10.1. The average Bonchev–Trinajstić information content (AvgIpc) is 2.64. The summed E-state index contributed by atoms with van der Waals surface area (Å²) in [6.07, 6.45) is 0. The van der Waals surface area contributed by atoms with Crippen LogP contribution in [0, 0.1) is 6.92 Å². The van der Waals surface area contributed by atoms with E-state index in [1.807, 2.05) is 25.1 Å². The summed E-state index contributed by atoms with van der Waals surface area (Å²) >= 11 is 0. The van der Waals surface area contributed by atoms with Crippen LogP contribution in [0.1, 0.15) is 15.9 Å². The van der Waals surface area contributed by atoms with Crippen molar-refractivity contribution in [1.29, 1.82) is 0 Å². The second-order valence-corrected chi connectivity index (χ2v) is 4.12. The summed E-state index contributed by atoms with van der Waals surface area (Å²) in [5, 5.41) is 10.8. The fourth-order valence-corrected chi connectivity index (χ4v) is 2.02. The van der Waals surface area contributed by atoms with Crippen molar-refractivity contribution < 1.29 is 14.3 Å². The number of fused-ring (bicyclic) bond motifs is 3. The van der Waals surface area contributed by atoms with Crippen molar-refractivity contribution in [2.24, 2.45) is 0 Å². The van der Waals surface area contributed by atoms with Crippen LogP contribution in [0.15, 0.2) is 40.8 Å². The minimum absolute atomic E-state index is 0.278. The highest BCUT2D eigenvalue weighted by molar-refractivity contribution is 6.07. The number of hydrogen-bond acceptors (Lipinski definition) is 2. The van der Waals surface area contributed by atoms with Gasteiger partial charge in [0.25, 0.3) is 0 Å². The van der Waals surface area contributed by atoms with Crippen LogP contribution in [-0.4, -0.2) is 11.1 Å². The molecule has 0 unspecified atom stereocenters. The second-order valence-electron chi connectivity index (χ2n) is 4.12. The Morgan fingerprint density at radius 1 is 1.06 bits per heavy atom. The van der Waals surface area contributed by atoms with Crippen LogP contribution in [0.4, 0.5) is 0 Å². The molecular weight excluding hydrogens is 216 g/mol. The first kappa shape index (κ1) is 9.90. The van der Waals surface area contributed by atoms with E-state index in [0.717, 1.165) is 27.5 Å². The molecule has 1 heterocycles. The van der Waals surface area contributed by atoms with Crippen molar-refractivity contribution in [2.75, 3.05) is 0 Å². The summed E-state index contributed by atoms with van der Waals surface area (Å²) in [5.74, 6) is -0.923. The van der Waals surface area contributed by atoms with Crippen LogP contribution >= 0.6 is 0 Å². The summed E-state index contributed by atoms with van der Waals surface area (Å²) in [5.41, 5.74) is 2.91. The predicted molar refractivity (Wildman–Crippen MR) is 65.4 cm³/mol. The molecule has 3 heteroatoms. The summed E-state index contributed by atoms with van der Waals surface area (Å²) < 4.78 is 5.68. The molecule has 3 nitrogen and oxygen atoms in total. The number of rotatable bonds is 1. The lowest BCUT2D eigenvalue weighted by Crippen LogP contribution is -1.94. The Balaban J connectivity index is 2.41. The van der Waals surface area contributed by atoms with Crippen molar-refractivity contribution in [1.82, 2.24) is 0 Å². The van der Waals surface area contributed by atoms with Crippen LogP contribution in [-0.2, 0) is 0 Å². The largest absolute Gasteiger partial charge is 0.478 e. The number of carbonyl (C=O) groups is 1. The molecule has 0 aliphatic heterocycles. The normalized spacial score (nSPS) is 11.1. The van der Waals surface area contributed by atoms with E-state index in [9.17, 15) is 4.79 Å². The summed E-state index contributed by atoms with van der Waals surface area (Å²) in [4.78, 5) is 10.9. The Kier molecular flexibility index (Phi) is 1.95. The molecule has 0 saturated heterocycles. The van der Waals surface area contributed by atoms with Gasteiger partial charge >= 0.3 is 5.97 Å². The van der Waals surface area contributed by atoms with Crippen LogP contribution in [0.3, 0.4) is 0 Å². The molecule has 2 aromatic carbocycles. The lowest BCUT2D eigenvalue weighted by molar-refractivity contribution is 0.0697. The van der Waals surface area contributed by atoms with E-state index in [2.05, 4.69) is 0 Å². The highest BCUT2D eigenvalue weighted by atomic mass is 16.4. The third kappa shape index (κ3) is 1.47. The molecule has 0 spiro atoms. The molecule has 1 aromatic heterocycles. The molecular formula is C14H10O3. The smallest absolute Gasteiger partial charge is 0.335 e. The van der Waals surface area contributed by atoms with Gasteiger partial charge in [-0.2, -0.15) is 0 Å². The SMILES string of the molecule is Cc1ccc2c(c1)oc1ccc(C(=O)O)cc12. The van der Waals surface area contributed by atoms with Crippen molar-refractivity contribution >= 4 is 27.9 Å². The quantitative estimate of drug-likeness (QED) is 0.689. The number of aromatic carboxylic acids is 1. The summed E-state index contributed by atoms with van der Waals surface area (Å²) in [7, 11) is 0. The van der Waals surface area contributed by atoms with Crippen LogP contribution in [0.2, 0.25) is 0 Å². The minimum Gasteiger partial charge on any atom is -0.478 e. The van der Waals surface area contributed by atoms with Gasteiger partial charge in [0.1, 0.15) is 11.2 Å². The van der Waals surface area contributed by atoms with Crippen molar-refractivity contribution in [2.45, 2.75) is 6.92 Å². The number of aryl methyl sites for hydroxylation is 1. The van der Waals surface area contributed by atoms with E-state index in [0.29, 0.717) is 0 Å². The third-order valence-corrected chi connectivity index (χ3v) is 2.87. The van der Waals surface area contributed by atoms with Crippen LogP contribution in [0.25, 0.3) is 21.9 Å². The molecule has 0 aliphatic rings. The van der Waals surface area contributed by atoms with Crippen molar-refractivity contribution in [3.63, 3.8) is 0 Å². The maximum atomic E-state index is 10.9. The fraction of sp³-hybridized carbons (Fsp3) is 0.0714. The van der Waals surface area contributed by atoms with Gasteiger partial charge in [0.2, 0.25) is 0 Å². The van der Waals surface area contributed by atoms with Gasteiger partial charge in [0, 0.05) is 10.8 Å². The topological polar surface area (TPSA) is 50.4 Å². The molecule has 0 amide bonds. The first-order chi connectivity index (χ1) is 8.15. The molecule has 3 rings (SSSR count). The molecule has 1 N–H and O–H groups in total. The number of furan rings is 1. The first-order valence-electron chi connectivity index (χ1n) is 5.31. The third-order valence-electron chi connectivity index (χ3n) is 2.87.